The first-order valence-electron chi connectivity index (χ1n) is 4.85. The lowest BCUT2D eigenvalue weighted by Gasteiger charge is -2.12. The van der Waals surface area contributed by atoms with Crippen molar-refractivity contribution in [2.75, 3.05) is 6.61 Å². The largest absolute Gasteiger partial charge is 0.490 e. The van der Waals surface area contributed by atoms with Gasteiger partial charge in [0.2, 0.25) is 0 Å². The van der Waals surface area contributed by atoms with E-state index in [0.29, 0.717) is 11.3 Å². The van der Waals surface area contributed by atoms with Crippen molar-refractivity contribution in [1.82, 2.24) is 0 Å². The van der Waals surface area contributed by atoms with E-state index >= 15 is 0 Å². The van der Waals surface area contributed by atoms with Gasteiger partial charge in [-0.05, 0) is 25.0 Å². The number of nitrogens with two attached hydrogens (primary N) is 1. The van der Waals surface area contributed by atoms with Gasteiger partial charge in [0.1, 0.15) is 12.4 Å². The molecule has 0 atom stereocenters. The molecule has 2 rings (SSSR count). The molecule has 0 bridgehead atoms. The molecule has 1 saturated carbocycles. The van der Waals surface area contributed by atoms with Crippen molar-refractivity contribution in [3.8, 4) is 5.75 Å². The lowest BCUT2D eigenvalue weighted by atomic mass is 10.2. The first-order chi connectivity index (χ1) is 7.11. The molecule has 0 radical (unpaired) electrons. The van der Waals surface area contributed by atoms with Crippen LogP contribution in [-0.2, 0) is 0 Å². The summed E-state index contributed by atoms with van der Waals surface area (Å²) in [5, 5.41) is 9.58. The second-order valence-corrected chi connectivity index (χ2v) is 3.87. The third-order valence-corrected chi connectivity index (χ3v) is 2.48. The molecule has 15 heavy (non-hydrogen) atoms. The van der Waals surface area contributed by atoms with E-state index in [1.54, 1.807) is 24.3 Å². The molecule has 1 amide bonds. The fraction of sp³-hybridized carbons (Fsp3) is 0.364. The van der Waals surface area contributed by atoms with E-state index in [4.69, 9.17) is 10.5 Å². The summed E-state index contributed by atoms with van der Waals surface area (Å²) in [6.45, 7) is 0.220. The number of rotatable bonds is 4. The van der Waals surface area contributed by atoms with Crippen LogP contribution in [0.4, 0.5) is 0 Å². The minimum Gasteiger partial charge on any atom is -0.490 e. The van der Waals surface area contributed by atoms with Gasteiger partial charge in [-0.15, -0.1) is 0 Å². The average molecular weight is 207 g/mol. The number of para-hydroxylation sites is 1. The fourth-order valence-electron chi connectivity index (χ4n) is 1.30. The molecule has 1 fully saturated rings. The maximum absolute atomic E-state index is 11.0. The molecule has 0 unspecified atom stereocenters. The van der Waals surface area contributed by atoms with Crippen molar-refractivity contribution in [2.24, 2.45) is 5.73 Å². The zero-order chi connectivity index (χ0) is 10.9. The zero-order valence-corrected chi connectivity index (χ0v) is 8.27. The third kappa shape index (κ3) is 2.27. The predicted octanol–water partition coefficient (Wildman–Crippen LogP) is 0.689. The molecule has 3 N–H and O–H groups in total. The highest BCUT2D eigenvalue weighted by Gasteiger charge is 2.41. The summed E-state index contributed by atoms with van der Waals surface area (Å²) in [5.74, 6) is -0.0845. The molecular weight excluding hydrogens is 194 g/mol. The van der Waals surface area contributed by atoms with Crippen molar-refractivity contribution >= 4 is 5.91 Å². The standard InChI is InChI=1S/C11H13NO3/c12-10(13)8-3-1-2-4-9(8)15-7-11(14)5-6-11/h1-4,14H,5-7H2,(H2,12,13). The number of ether oxygens (including phenoxy) is 1. The number of carbonyl (C=O) groups excluding carboxylic acids is 1. The Labute approximate surface area is 87.7 Å². The SMILES string of the molecule is NC(=O)c1ccccc1OCC1(O)CC1. The smallest absolute Gasteiger partial charge is 0.252 e. The molecule has 1 aliphatic rings. The van der Waals surface area contributed by atoms with Crippen LogP contribution in [0.3, 0.4) is 0 Å². The van der Waals surface area contributed by atoms with Gasteiger partial charge >= 0.3 is 0 Å². The monoisotopic (exact) mass is 207 g/mol. The van der Waals surface area contributed by atoms with Gasteiger partial charge in [0.05, 0.1) is 11.2 Å². The normalized spacial score (nSPS) is 17.1. The summed E-state index contributed by atoms with van der Waals surface area (Å²) in [7, 11) is 0. The van der Waals surface area contributed by atoms with E-state index in [0.717, 1.165) is 12.8 Å². The Morgan fingerprint density at radius 2 is 2.13 bits per heavy atom. The molecule has 80 valence electrons. The molecule has 4 nitrogen and oxygen atoms in total. The van der Waals surface area contributed by atoms with E-state index in [1.807, 2.05) is 0 Å². The van der Waals surface area contributed by atoms with E-state index in [9.17, 15) is 9.90 Å². The topological polar surface area (TPSA) is 72.6 Å². The van der Waals surface area contributed by atoms with E-state index in [1.165, 1.54) is 0 Å². The summed E-state index contributed by atoms with van der Waals surface area (Å²) in [4.78, 5) is 11.0. The third-order valence-electron chi connectivity index (χ3n) is 2.48. The summed E-state index contributed by atoms with van der Waals surface area (Å²) in [5.41, 5.74) is 4.85. The van der Waals surface area contributed by atoms with E-state index in [2.05, 4.69) is 0 Å². The van der Waals surface area contributed by atoms with Crippen LogP contribution in [-0.4, -0.2) is 23.2 Å². The molecular formula is C11H13NO3. The van der Waals surface area contributed by atoms with Crippen LogP contribution in [0.2, 0.25) is 0 Å². The molecule has 0 aliphatic heterocycles. The van der Waals surface area contributed by atoms with Crippen molar-refractivity contribution < 1.29 is 14.6 Å². The molecule has 1 aromatic rings. The number of hydrogen-bond acceptors (Lipinski definition) is 3. The zero-order valence-electron chi connectivity index (χ0n) is 8.27. The van der Waals surface area contributed by atoms with Crippen LogP contribution in [0, 0.1) is 0 Å². The van der Waals surface area contributed by atoms with Crippen LogP contribution in [0.5, 0.6) is 5.75 Å². The molecule has 4 heteroatoms. The fourth-order valence-corrected chi connectivity index (χ4v) is 1.30. The molecule has 0 heterocycles. The number of benzene rings is 1. The highest BCUT2D eigenvalue weighted by molar-refractivity contribution is 5.95. The number of primary amides is 1. The summed E-state index contributed by atoms with van der Waals surface area (Å²) >= 11 is 0. The summed E-state index contributed by atoms with van der Waals surface area (Å²) in [6.07, 6.45) is 1.51. The average Bonchev–Trinajstić information content (AvgIpc) is 2.95. The number of aliphatic hydroxyl groups is 1. The molecule has 1 aliphatic carbocycles. The Bertz CT molecular complexity index is 385. The molecule has 1 aromatic carbocycles. The Hall–Kier alpha value is -1.55. The number of carbonyl (C=O) groups is 1. The highest BCUT2D eigenvalue weighted by Crippen LogP contribution is 2.35. The minimum atomic E-state index is -0.690. The van der Waals surface area contributed by atoms with Crippen molar-refractivity contribution in [1.29, 1.82) is 0 Å². The second-order valence-electron chi connectivity index (χ2n) is 3.87. The predicted molar refractivity (Wildman–Crippen MR) is 54.6 cm³/mol. The molecule has 0 spiro atoms. The number of amides is 1. The maximum atomic E-state index is 11.0. The van der Waals surface area contributed by atoms with Gasteiger partial charge in [0.15, 0.2) is 0 Å². The Kier molecular flexibility index (Phi) is 2.36. The lowest BCUT2D eigenvalue weighted by molar-refractivity contribution is 0.0835. The Morgan fingerprint density at radius 3 is 2.73 bits per heavy atom. The maximum Gasteiger partial charge on any atom is 0.252 e. The Morgan fingerprint density at radius 1 is 1.47 bits per heavy atom. The van der Waals surface area contributed by atoms with Crippen LogP contribution in [0.1, 0.15) is 23.2 Å². The number of hydrogen-bond donors (Lipinski definition) is 2. The molecule has 0 saturated heterocycles. The first kappa shape index (κ1) is 9.98. The van der Waals surface area contributed by atoms with Gasteiger partial charge in [-0.2, -0.15) is 0 Å². The van der Waals surface area contributed by atoms with Gasteiger partial charge in [-0.1, -0.05) is 12.1 Å². The van der Waals surface area contributed by atoms with Gasteiger partial charge in [0.25, 0.3) is 5.91 Å². The first-order valence-corrected chi connectivity index (χ1v) is 4.85. The van der Waals surface area contributed by atoms with Gasteiger partial charge < -0.3 is 15.6 Å². The Balaban J connectivity index is 2.09. The van der Waals surface area contributed by atoms with Crippen LogP contribution < -0.4 is 10.5 Å². The van der Waals surface area contributed by atoms with Crippen molar-refractivity contribution in [3.05, 3.63) is 29.8 Å². The van der Waals surface area contributed by atoms with E-state index < -0.39 is 11.5 Å². The van der Waals surface area contributed by atoms with Crippen LogP contribution in [0.15, 0.2) is 24.3 Å². The van der Waals surface area contributed by atoms with Gasteiger partial charge in [-0.3, -0.25) is 4.79 Å². The highest BCUT2D eigenvalue weighted by atomic mass is 16.5. The van der Waals surface area contributed by atoms with E-state index in [-0.39, 0.29) is 6.61 Å². The quantitative estimate of drug-likeness (QED) is 0.762. The van der Waals surface area contributed by atoms with Crippen LogP contribution in [0.25, 0.3) is 0 Å². The summed E-state index contributed by atoms with van der Waals surface area (Å²) < 4.78 is 5.37. The second kappa shape index (κ2) is 3.55. The molecule has 0 aromatic heterocycles. The van der Waals surface area contributed by atoms with Gasteiger partial charge in [-0.25, -0.2) is 0 Å². The van der Waals surface area contributed by atoms with Gasteiger partial charge in [0, 0.05) is 0 Å². The van der Waals surface area contributed by atoms with Crippen molar-refractivity contribution in [3.63, 3.8) is 0 Å². The minimum absolute atomic E-state index is 0.220. The lowest BCUT2D eigenvalue weighted by Crippen LogP contribution is -2.20. The summed E-state index contributed by atoms with van der Waals surface area (Å²) in [6, 6.07) is 6.76. The van der Waals surface area contributed by atoms with Crippen LogP contribution >= 0.6 is 0 Å². The van der Waals surface area contributed by atoms with Crippen molar-refractivity contribution in [2.45, 2.75) is 18.4 Å².